The third-order valence-corrected chi connectivity index (χ3v) is 3.65. The lowest BCUT2D eigenvalue weighted by molar-refractivity contribution is 0.102. The van der Waals surface area contributed by atoms with Crippen molar-refractivity contribution < 1.29 is 9.18 Å². The van der Waals surface area contributed by atoms with Crippen molar-refractivity contribution in [3.63, 3.8) is 0 Å². The van der Waals surface area contributed by atoms with Crippen LogP contribution >= 0.6 is 38.5 Å². The number of amides is 1. The number of rotatable bonds is 2. The molecule has 18 heavy (non-hydrogen) atoms. The molecule has 1 N–H and O–H groups in total. The standard InChI is InChI=1S/C13H8BrFINO/c14-11-6-5-10(7-12(11)15)17-13(18)8-1-3-9(16)4-2-8/h1-7H,(H,17,18). The first kappa shape index (κ1) is 13.5. The van der Waals surface area contributed by atoms with Crippen LogP contribution in [0.2, 0.25) is 0 Å². The molecule has 0 atom stereocenters. The number of benzene rings is 2. The topological polar surface area (TPSA) is 29.1 Å². The molecule has 0 radical (unpaired) electrons. The molecule has 5 heteroatoms. The van der Waals surface area contributed by atoms with E-state index in [0.29, 0.717) is 15.7 Å². The molecule has 2 nitrogen and oxygen atoms in total. The molecular formula is C13H8BrFINO. The average Bonchev–Trinajstić information content (AvgIpc) is 2.34. The van der Waals surface area contributed by atoms with Gasteiger partial charge in [0, 0.05) is 14.8 Å². The first-order chi connectivity index (χ1) is 8.56. The van der Waals surface area contributed by atoms with Crippen LogP contribution in [0.5, 0.6) is 0 Å². The van der Waals surface area contributed by atoms with Gasteiger partial charge in [0.2, 0.25) is 0 Å². The van der Waals surface area contributed by atoms with Crippen LogP contribution in [0.25, 0.3) is 0 Å². The SMILES string of the molecule is O=C(Nc1ccc(Br)c(F)c1)c1ccc(I)cc1. The average molecular weight is 420 g/mol. The van der Waals surface area contributed by atoms with Gasteiger partial charge in [0.25, 0.3) is 5.91 Å². The quantitative estimate of drug-likeness (QED) is 0.716. The third kappa shape index (κ3) is 3.29. The summed E-state index contributed by atoms with van der Waals surface area (Å²) in [6.45, 7) is 0. The van der Waals surface area contributed by atoms with E-state index < -0.39 is 5.82 Å². The summed E-state index contributed by atoms with van der Waals surface area (Å²) in [5.41, 5.74) is 0.970. The van der Waals surface area contributed by atoms with E-state index >= 15 is 0 Å². The molecule has 0 saturated carbocycles. The summed E-state index contributed by atoms with van der Waals surface area (Å²) >= 11 is 5.22. The summed E-state index contributed by atoms with van der Waals surface area (Å²) in [7, 11) is 0. The van der Waals surface area contributed by atoms with Crippen molar-refractivity contribution in [1.82, 2.24) is 0 Å². The van der Waals surface area contributed by atoms with Gasteiger partial charge in [0.05, 0.1) is 4.47 Å². The predicted octanol–water partition coefficient (Wildman–Crippen LogP) is 4.45. The van der Waals surface area contributed by atoms with Crippen LogP contribution in [0.15, 0.2) is 46.9 Å². The minimum atomic E-state index is -0.407. The van der Waals surface area contributed by atoms with E-state index in [0.717, 1.165) is 3.57 Å². The molecule has 2 rings (SSSR count). The number of hydrogen-bond acceptors (Lipinski definition) is 1. The molecule has 0 saturated heterocycles. The Bertz CT molecular complexity index is 586. The van der Waals surface area contributed by atoms with E-state index in [1.54, 1.807) is 24.3 Å². The molecular weight excluding hydrogens is 412 g/mol. The number of carbonyl (C=O) groups is 1. The molecule has 0 aliphatic carbocycles. The lowest BCUT2D eigenvalue weighted by Gasteiger charge is -2.06. The molecule has 0 aromatic heterocycles. The Hall–Kier alpha value is -0.950. The zero-order chi connectivity index (χ0) is 13.1. The van der Waals surface area contributed by atoms with Crippen LogP contribution in [0.3, 0.4) is 0 Å². The zero-order valence-electron chi connectivity index (χ0n) is 9.08. The van der Waals surface area contributed by atoms with Crippen molar-refractivity contribution >= 4 is 50.1 Å². The molecule has 1 amide bonds. The Balaban J connectivity index is 2.16. The Labute approximate surface area is 126 Å². The third-order valence-electron chi connectivity index (χ3n) is 2.28. The van der Waals surface area contributed by atoms with Crippen LogP contribution < -0.4 is 5.32 Å². The minimum Gasteiger partial charge on any atom is -0.322 e. The first-order valence-corrected chi connectivity index (χ1v) is 6.95. The fourth-order valence-electron chi connectivity index (χ4n) is 1.38. The van der Waals surface area contributed by atoms with E-state index in [1.807, 2.05) is 12.1 Å². The van der Waals surface area contributed by atoms with Crippen LogP contribution in [0.4, 0.5) is 10.1 Å². The summed E-state index contributed by atoms with van der Waals surface area (Å²) in [6, 6.07) is 11.6. The van der Waals surface area contributed by atoms with Crippen molar-refractivity contribution in [2.45, 2.75) is 0 Å². The second kappa shape index (κ2) is 5.79. The van der Waals surface area contributed by atoms with E-state index in [4.69, 9.17) is 0 Å². The molecule has 92 valence electrons. The van der Waals surface area contributed by atoms with Crippen LogP contribution in [-0.2, 0) is 0 Å². The second-order valence-corrected chi connectivity index (χ2v) is 5.69. The van der Waals surface area contributed by atoms with Gasteiger partial charge in [-0.05, 0) is 81.0 Å². The van der Waals surface area contributed by atoms with E-state index in [2.05, 4.69) is 43.8 Å². The predicted molar refractivity (Wildman–Crippen MR) is 81.2 cm³/mol. The van der Waals surface area contributed by atoms with Gasteiger partial charge in [-0.2, -0.15) is 0 Å². The highest BCUT2D eigenvalue weighted by atomic mass is 127. The molecule has 2 aromatic rings. The van der Waals surface area contributed by atoms with Crippen LogP contribution in [-0.4, -0.2) is 5.91 Å². The van der Waals surface area contributed by atoms with Crippen molar-refractivity contribution in [2.75, 3.05) is 5.32 Å². The summed E-state index contributed by atoms with van der Waals surface area (Å²) in [5, 5.41) is 2.64. The molecule has 0 heterocycles. The Morgan fingerprint density at radius 1 is 1.17 bits per heavy atom. The monoisotopic (exact) mass is 419 g/mol. The van der Waals surface area contributed by atoms with Gasteiger partial charge in [0.15, 0.2) is 0 Å². The Morgan fingerprint density at radius 3 is 2.44 bits per heavy atom. The van der Waals surface area contributed by atoms with Gasteiger partial charge in [-0.1, -0.05) is 0 Å². The zero-order valence-corrected chi connectivity index (χ0v) is 12.8. The summed E-state index contributed by atoms with van der Waals surface area (Å²) < 4.78 is 14.7. The molecule has 2 aromatic carbocycles. The lowest BCUT2D eigenvalue weighted by atomic mass is 10.2. The van der Waals surface area contributed by atoms with Gasteiger partial charge in [-0.25, -0.2) is 4.39 Å². The lowest BCUT2D eigenvalue weighted by Crippen LogP contribution is -2.11. The smallest absolute Gasteiger partial charge is 0.255 e. The number of carbonyl (C=O) groups excluding carboxylic acids is 1. The van der Waals surface area contributed by atoms with Gasteiger partial charge >= 0.3 is 0 Å². The van der Waals surface area contributed by atoms with Crippen LogP contribution in [0, 0.1) is 9.39 Å². The maximum atomic E-state index is 13.3. The number of halogens is 3. The van der Waals surface area contributed by atoms with Gasteiger partial charge in [0.1, 0.15) is 5.82 Å². The fraction of sp³-hybridized carbons (Fsp3) is 0. The van der Waals surface area contributed by atoms with E-state index in [-0.39, 0.29) is 5.91 Å². The summed E-state index contributed by atoms with van der Waals surface area (Å²) in [6.07, 6.45) is 0. The highest BCUT2D eigenvalue weighted by molar-refractivity contribution is 14.1. The fourth-order valence-corrected chi connectivity index (χ4v) is 1.98. The molecule has 0 fully saturated rings. The first-order valence-electron chi connectivity index (χ1n) is 5.08. The van der Waals surface area contributed by atoms with Crippen LogP contribution in [0.1, 0.15) is 10.4 Å². The number of anilines is 1. The van der Waals surface area contributed by atoms with Gasteiger partial charge < -0.3 is 5.32 Å². The minimum absolute atomic E-state index is 0.256. The van der Waals surface area contributed by atoms with E-state index in [1.165, 1.54) is 6.07 Å². The molecule has 0 aliphatic heterocycles. The van der Waals surface area contributed by atoms with E-state index in [9.17, 15) is 9.18 Å². The maximum absolute atomic E-state index is 13.3. The molecule has 0 bridgehead atoms. The highest BCUT2D eigenvalue weighted by Crippen LogP contribution is 2.20. The van der Waals surface area contributed by atoms with Crippen molar-refractivity contribution in [3.8, 4) is 0 Å². The Kier molecular flexibility index (Phi) is 4.34. The molecule has 0 unspecified atom stereocenters. The summed E-state index contributed by atoms with van der Waals surface area (Å²) in [4.78, 5) is 11.9. The highest BCUT2D eigenvalue weighted by Gasteiger charge is 2.07. The molecule has 0 spiro atoms. The van der Waals surface area contributed by atoms with Crippen molar-refractivity contribution in [2.24, 2.45) is 0 Å². The largest absolute Gasteiger partial charge is 0.322 e. The van der Waals surface area contributed by atoms with Crippen molar-refractivity contribution in [3.05, 3.63) is 61.9 Å². The molecule has 0 aliphatic rings. The number of nitrogens with one attached hydrogen (secondary N) is 1. The van der Waals surface area contributed by atoms with Crippen molar-refractivity contribution in [1.29, 1.82) is 0 Å². The van der Waals surface area contributed by atoms with Gasteiger partial charge in [-0.15, -0.1) is 0 Å². The maximum Gasteiger partial charge on any atom is 0.255 e. The Morgan fingerprint density at radius 2 is 1.83 bits per heavy atom. The second-order valence-electron chi connectivity index (χ2n) is 3.59. The van der Waals surface area contributed by atoms with Gasteiger partial charge in [-0.3, -0.25) is 4.79 Å². The normalized spacial score (nSPS) is 10.2. The summed E-state index contributed by atoms with van der Waals surface area (Å²) in [5.74, 6) is -0.663. The number of hydrogen-bond donors (Lipinski definition) is 1.